The molecule has 1 aromatic heterocycles. The summed E-state index contributed by atoms with van der Waals surface area (Å²) in [5.41, 5.74) is 2.26. The van der Waals surface area contributed by atoms with Gasteiger partial charge in [0.05, 0.1) is 6.42 Å². The molecule has 0 aliphatic rings. The molecule has 3 aromatic rings. The van der Waals surface area contributed by atoms with Gasteiger partial charge in [-0.1, -0.05) is 48.5 Å². The molecular weight excluding hydrogens is 392 g/mol. The quantitative estimate of drug-likeness (QED) is 0.584. The second-order valence-corrected chi connectivity index (χ2v) is 7.36. The van der Waals surface area contributed by atoms with Gasteiger partial charge in [0.2, 0.25) is 5.91 Å². The lowest BCUT2D eigenvalue weighted by Crippen LogP contribution is -2.25. The van der Waals surface area contributed by atoms with Crippen molar-refractivity contribution in [3.63, 3.8) is 0 Å². The maximum atomic E-state index is 12.8. The number of nitrogens with one attached hydrogen (secondary N) is 2. The molecule has 0 aliphatic heterocycles. The maximum absolute atomic E-state index is 12.8. The Morgan fingerprint density at radius 2 is 1.68 bits per heavy atom. The summed E-state index contributed by atoms with van der Waals surface area (Å²) < 4.78 is 5.42. The number of para-hydroxylation sites is 1. The van der Waals surface area contributed by atoms with Gasteiger partial charge in [0.25, 0.3) is 5.91 Å². The van der Waals surface area contributed by atoms with Crippen LogP contribution in [0.4, 0.5) is 5.69 Å². The van der Waals surface area contributed by atoms with Crippen LogP contribution in [0.3, 0.4) is 0 Å². The summed E-state index contributed by atoms with van der Waals surface area (Å²) in [5, 5.41) is 5.30. The molecule has 6 heteroatoms. The third kappa shape index (κ3) is 5.92. The molecular formula is C25H26N2O4. The molecule has 2 amide bonds. The normalized spacial score (nSPS) is 10.5. The molecule has 6 nitrogen and oxygen atoms in total. The first-order chi connectivity index (χ1) is 15.0. The van der Waals surface area contributed by atoms with Crippen molar-refractivity contribution in [3.8, 4) is 0 Å². The van der Waals surface area contributed by atoms with Crippen LogP contribution < -0.4 is 16.3 Å². The molecule has 0 bridgehead atoms. The Kier molecular flexibility index (Phi) is 7.38. The number of carbonyl (C=O) groups is 2. The number of aryl methyl sites for hydroxylation is 3. The lowest BCUT2D eigenvalue weighted by Gasteiger charge is -2.12. The van der Waals surface area contributed by atoms with Crippen LogP contribution in [-0.2, 0) is 24.1 Å². The maximum Gasteiger partial charge on any atom is 0.349 e. The average Bonchev–Trinajstić information content (AvgIpc) is 2.75. The van der Waals surface area contributed by atoms with E-state index in [1.165, 1.54) is 5.56 Å². The van der Waals surface area contributed by atoms with Gasteiger partial charge >= 0.3 is 5.63 Å². The fourth-order valence-electron chi connectivity index (χ4n) is 3.42. The van der Waals surface area contributed by atoms with Crippen LogP contribution in [0.5, 0.6) is 0 Å². The molecule has 0 fully saturated rings. The largest absolute Gasteiger partial charge is 0.427 e. The van der Waals surface area contributed by atoms with Crippen LogP contribution >= 0.6 is 0 Å². The molecule has 1 heterocycles. The van der Waals surface area contributed by atoms with Gasteiger partial charge in [-0.15, -0.1) is 0 Å². The second-order valence-electron chi connectivity index (χ2n) is 7.36. The van der Waals surface area contributed by atoms with Crippen molar-refractivity contribution in [1.29, 1.82) is 0 Å². The van der Waals surface area contributed by atoms with Gasteiger partial charge in [0.15, 0.2) is 0 Å². The predicted molar refractivity (Wildman–Crippen MR) is 120 cm³/mol. The van der Waals surface area contributed by atoms with Crippen molar-refractivity contribution >= 4 is 17.5 Å². The van der Waals surface area contributed by atoms with Gasteiger partial charge in [-0.05, 0) is 48.6 Å². The van der Waals surface area contributed by atoms with Crippen molar-refractivity contribution in [2.75, 3.05) is 12.4 Å². The van der Waals surface area contributed by atoms with Gasteiger partial charge in [0.1, 0.15) is 11.3 Å². The molecule has 2 N–H and O–H groups in total. The van der Waals surface area contributed by atoms with Gasteiger partial charge in [0, 0.05) is 19.2 Å². The summed E-state index contributed by atoms with van der Waals surface area (Å²) in [6, 6.07) is 18.9. The van der Waals surface area contributed by atoms with Gasteiger partial charge < -0.3 is 15.1 Å². The van der Waals surface area contributed by atoms with E-state index in [9.17, 15) is 14.4 Å². The van der Waals surface area contributed by atoms with Crippen molar-refractivity contribution in [2.24, 2.45) is 0 Å². The van der Waals surface area contributed by atoms with E-state index in [0.717, 1.165) is 12.8 Å². The number of hydrogen-bond acceptors (Lipinski definition) is 4. The standard InChI is InChI=1S/C25H26N2O4/c1-17-15-20(13-8-11-18-9-4-3-5-10-18)31-25(30)23(17)24(29)27-21-14-7-6-12-19(21)16-22(28)26-2/h3-7,9-10,12,14-15H,8,11,13,16H2,1-2H3,(H,26,28)(H,27,29). The molecule has 0 spiro atoms. The number of rotatable bonds is 8. The summed E-state index contributed by atoms with van der Waals surface area (Å²) >= 11 is 0. The van der Waals surface area contributed by atoms with E-state index in [0.29, 0.717) is 29.0 Å². The Bertz CT molecular complexity index is 1120. The van der Waals surface area contributed by atoms with Crippen molar-refractivity contribution in [3.05, 3.63) is 99.1 Å². The van der Waals surface area contributed by atoms with E-state index in [4.69, 9.17) is 4.42 Å². The predicted octanol–water partition coefficient (Wildman–Crippen LogP) is 3.66. The summed E-state index contributed by atoms with van der Waals surface area (Å²) in [6.45, 7) is 1.73. The van der Waals surface area contributed by atoms with Crippen LogP contribution in [0.2, 0.25) is 0 Å². The van der Waals surface area contributed by atoms with E-state index in [1.54, 1.807) is 44.3 Å². The number of amides is 2. The monoisotopic (exact) mass is 418 g/mol. The molecule has 160 valence electrons. The third-order valence-electron chi connectivity index (χ3n) is 5.05. The van der Waals surface area contributed by atoms with E-state index < -0.39 is 11.5 Å². The lowest BCUT2D eigenvalue weighted by molar-refractivity contribution is -0.119. The summed E-state index contributed by atoms with van der Waals surface area (Å²) in [5.74, 6) is -0.154. The van der Waals surface area contributed by atoms with Gasteiger partial charge in [-0.3, -0.25) is 9.59 Å². The highest BCUT2D eigenvalue weighted by molar-refractivity contribution is 6.05. The summed E-state index contributed by atoms with van der Waals surface area (Å²) in [7, 11) is 1.56. The number of likely N-dealkylation sites (N-methyl/N-ethyl adjacent to an activating group) is 1. The Balaban J connectivity index is 1.71. The Morgan fingerprint density at radius 1 is 0.968 bits per heavy atom. The highest BCUT2D eigenvalue weighted by atomic mass is 16.4. The van der Waals surface area contributed by atoms with E-state index >= 15 is 0 Å². The first-order valence-corrected chi connectivity index (χ1v) is 10.3. The smallest absolute Gasteiger partial charge is 0.349 e. The molecule has 0 radical (unpaired) electrons. The zero-order valence-electron chi connectivity index (χ0n) is 17.7. The average molecular weight is 418 g/mol. The van der Waals surface area contributed by atoms with Crippen molar-refractivity contribution < 1.29 is 14.0 Å². The van der Waals surface area contributed by atoms with Crippen LogP contribution in [0.1, 0.15) is 39.2 Å². The summed E-state index contributed by atoms with van der Waals surface area (Å²) in [6.07, 6.45) is 2.46. The highest BCUT2D eigenvalue weighted by Gasteiger charge is 2.18. The minimum atomic E-state index is -0.656. The van der Waals surface area contributed by atoms with Gasteiger partial charge in [-0.25, -0.2) is 4.79 Å². The molecule has 0 atom stereocenters. The molecule has 31 heavy (non-hydrogen) atoms. The minimum absolute atomic E-state index is 0.0263. The fraction of sp³-hybridized carbons (Fsp3) is 0.240. The topological polar surface area (TPSA) is 88.4 Å². The van der Waals surface area contributed by atoms with Crippen LogP contribution in [0.25, 0.3) is 0 Å². The van der Waals surface area contributed by atoms with E-state index in [2.05, 4.69) is 22.8 Å². The third-order valence-corrected chi connectivity index (χ3v) is 5.05. The first kappa shape index (κ1) is 22.0. The molecule has 0 aliphatic carbocycles. The SMILES string of the molecule is CNC(=O)Cc1ccccc1NC(=O)c1c(C)cc(CCCc2ccccc2)oc1=O. The Hall–Kier alpha value is -3.67. The zero-order chi connectivity index (χ0) is 22.2. The highest BCUT2D eigenvalue weighted by Crippen LogP contribution is 2.18. The van der Waals surface area contributed by atoms with E-state index in [-0.39, 0.29) is 17.9 Å². The van der Waals surface area contributed by atoms with Crippen LogP contribution in [0, 0.1) is 6.92 Å². The molecule has 0 unspecified atom stereocenters. The van der Waals surface area contributed by atoms with Gasteiger partial charge in [-0.2, -0.15) is 0 Å². The molecule has 3 rings (SSSR count). The Labute approximate surface area is 181 Å². The lowest BCUT2D eigenvalue weighted by atomic mass is 10.0. The Morgan fingerprint density at radius 3 is 2.39 bits per heavy atom. The fourth-order valence-corrected chi connectivity index (χ4v) is 3.42. The van der Waals surface area contributed by atoms with Crippen molar-refractivity contribution in [2.45, 2.75) is 32.6 Å². The molecule has 0 saturated carbocycles. The first-order valence-electron chi connectivity index (χ1n) is 10.3. The molecule has 2 aromatic carbocycles. The number of anilines is 1. The summed E-state index contributed by atoms with van der Waals surface area (Å²) in [4.78, 5) is 37.1. The van der Waals surface area contributed by atoms with Crippen LogP contribution in [0.15, 0.2) is 69.9 Å². The zero-order valence-corrected chi connectivity index (χ0v) is 17.7. The number of carbonyl (C=O) groups excluding carboxylic acids is 2. The van der Waals surface area contributed by atoms with E-state index in [1.807, 2.05) is 18.2 Å². The molecule has 0 saturated heterocycles. The minimum Gasteiger partial charge on any atom is -0.427 e. The number of benzene rings is 2. The van der Waals surface area contributed by atoms with Crippen molar-refractivity contribution in [1.82, 2.24) is 5.32 Å². The van der Waals surface area contributed by atoms with Crippen LogP contribution in [-0.4, -0.2) is 18.9 Å². The number of hydrogen-bond donors (Lipinski definition) is 2. The second kappa shape index (κ2) is 10.4.